The number of rotatable bonds is 3. The first-order chi connectivity index (χ1) is 11.2. The molecule has 1 fully saturated rings. The molecule has 1 aromatic carbocycles. The maximum Gasteiger partial charge on any atom is 0.129 e. The summed E-state index contributed by atoms with van der Waals surface area (Å²) < 4.78 is 0. The number of pyridine rings is 1. The fraction of sp³-hybridized carbons (Fsp3) is 0.368. The number of aromatic nitrogens is 1. The molecule has 0 N–H and O–H groups in total. The van der Waals surface area contributed by atoms with Crippen LogP contribution in [-0.4, -0.2) is 48.8 Å². The Balaban J connectivity index is 1.61. The molecule has 0 radical (unpaired) electrons. The first-order valence-electron chi connectivity index (χ1n) is 8.23. The van der Waals surface area contributed by atoms with E-state index in [9.17, 15) is 0 Å². The van der Waals surface area contributed by atoms with Crippen LogP contribution >= 0.6 is 0 Å². The van der Waals surface area contributed by atoms with Gasteiger partial charge in [0.2, 0.25) is 0 Å². The summed E-state index contributed by atoms with van der Waals surface area (Å²) in [6.07, 6.45) is 3.11. The van der Waals surface area contributed by atoms with Gasteiger partial charge in [0.15, 0.2) is 0 Å². The second-order valence-corrected chi connectivity index (χ2v) is 6.58. The van der Waals surface area contributed by atoms with Crippen molar-refractivity contribution in [2.24, 2.45) is 4.99 Å². The fourth-order valence-electron chi connectivity index (χ4n) is 3.50. The van der Waals surface area contributed by atoms with E-state index in [1.54, 1.807) is 0 Å². The van der Waals surface area contributed by atoms with Crippen LogP contribution in [0.15, 0.2) is 47.6 Å². The Hall–Kier alpha value is -2.20. The number of benzene rings is 1. The molecule has 0 bridgehead atoms. The van der Waals surface area contributed by atoms with Gasteiger partial charge in [-0.1, -0.05) is 24.3 Å². The minimum Gasteiger partial charge on any atom is -0.355 e. The number of anilines is 1. The van der Waals surface area contributed by atoms with Crippen molar-refractivity contribution in [3.05, 3.63) is 59.3 Å². The number of likely N-dealkylation sites (N-methyl/N-ethyl adjacent to an activating group) is 1. The molecule has 23 heavy (non-hydrogen) atoms. The highest BCUT2D eigenvalue weighted by atomic mass is 15.3. The van der Waals surface area contributed by atoms with Gasteiger partial charge in [-0.05, 0) is 38.2 Å². The van der Waals surface area contributed by atoms with E-state index in [0.29, 0.717) is 6.04 Å². The van der Waals surface area contributed by atoms with E-state index in [4.69, 9.17) is 4.99 Å². The van der Waals surface area contributed by atoms with Crippen LogP contribution in [0.2, 0.25) is 0 Å². The van der Waals surface area contributed by atoms with Crippen molar-refractivity contribution in [3.63, 3.8) is 0 Å². The second-order valence-electron chi connectivity index (χ2n) is 6.58. The van der Waals surface area contributed by atoms with Gasteiger partial charge in [0.05, 0.1) is 12.3 Å². The van der Waals surface area contributed by atoms with Crippen molar-refractivity contribution >= 4 is 11.5 Å². The summed E-state index contributed by atoms with van der Waals surface area (Å²) in [7, 11) is 4.31. The summed E-state index contributed by atoms with van der Waals surface area (Å²) in [5.41, 5.74) is 4.85. The summed E-state index contributed by atoms with van der Waals surface area (Å²) in [6, 6.07) is 13.4. The van der Waals surface area contributed by atoms with Crippen molar-refractivity contribution in [1.82, 2.24) is 9.88 Å². The Kier molecular flexibility index (Phi) is 3.62. The van der Waals surface area contributed by atoms with Crippen LogP contribution in [-0.2, 0) is 6.54 Å². The van der Waals surface area contributed by atoms with Gasteiger partial charge in [-0.2, -0.15) is 0 Å². The molecule has 2 aliphatic heterocycles. The summed E-state index contributed by atoms with van der Waals surface area (Å²) in [5.74, 6) is 1.07. The fourth-order valence-corrected chi connectivity index (χ4v) is 3.50. The van der Waals surface area contributed by atoms with E-state index < -0.39 is 0 Å². The molecule has 1 aromatic heterocycles. The summed E-state index contributed by atoms with van der Waals surface area (Å²) in [6.45, 7) is 2.91. The third-order valence-corrected chi connectivity index (χ3v) is 4.92. The molecule has 0 amide bonds. The highest BCUT2D eigenvalue weighted by Crippen LogP contribution is 2.26. The molecule has 4 nitrogen and oxygen atoms in total. The molecule has 4 heteroatoms. The average molecular weight is 306 g/mol. The van der Waals surface area contributed by atoms with E-state index in [2.05, 4.69) is 65.3 Å². The molecule has 1 atom stereocenters. The lowest BCUT2D eigenvalue weighted by molar-refractivity contribution is 0.315. The topological polar surface area (TPSA) is 31.7 Å². The van der Waals surface area contributed by atoms with Crippen molar-refractivity contribution in [2.45, 2.75) is 19.0 Å². The lowest BCUT2D eigenvalue weighted by Gasteiger charge is -2.21. The van der Waals surface area contributed by atoms with E-state index in [1.165, 1.54) is 23.1 Å². The quantitative estimate of drug-likeness (QED) is 0.873. The van der Waals surface area contributed by atoms with Crippen LogP contribution in [0.4, 0.5) is 5.82 Å². The molecule has 0 saturated carbocycles. The summed E-state index contributed by atoms with van der Waals surface area (Å²) in [5, 5.41) is 0. The lowest BCUT2D eigenvalue weighted by Crippen LogP contribution is -2.31. The van der Waals surface area contributed by atoms with Crippen LogP contribution in [0.3, 0.4) is 0 Å². The highest BCUT2D eigenvalue weighted by Gasteiger charge is 2.25. The predicted octanol–water partition coefficient (Wildman–Crippen LogP) is 2.57. The maximum atomic E-state index is 4.75. The molecule has 4 rings (SSSR count). The van der Waals surface area contributed by atoms with Crippen molar-refractivity contribution in [3.8, 4) is 0 Å². The van der Waals surface area contributed by atoms with Crippen LogP contribution < -0.4 is 4.90 Å². The number of hydrogen-bond donors (Lipinski definition) is 0. The van der Waals surface area contributed by atoms with Crippen molar-refractivity contribution in [1.29, 1.82) is 0 Å². The highest BCUT2D eigenvalue weighted by molar-refractivity contribution is 6.15. The second kappa shape index (κ2) is 5.78. The predicted molar refractivity (Wildman–Crippen MR) is 94.3 cm³/mol. The van der Waals surface area contributed by atoms with Gasteiger partial charge in [0.1, 0.15) is 5.82 Å². The molecule has 118 valence electrons. The Morgan fingerprint density at radius 1 is 1.17 bits per heavy atom. The van der Waals surface area contributed by atoms with Gasteiger partial charge in [-0.25, -0.2) is 4.98 Å². The lowest BCUT2D eigenvalue weighted by atomic mass is 10.0. The Morgan fingerprint density at radius 3 is 2.87 bits per heavy atom. The molecule has 3 heterocycles. The Morgan fingerprint density at radius 2 is 2.04 bits per heavy atom. The van der Waals surface area contributed by atoms with E-state index in [-0.39, 0.29) is 0 Å². The molecular formula is C19H22N4. The minimum absolute atomic E-state index is 0.616. The van der Waals surface area contributed by atoms with Gasteiger partial charge in [-0.3, -0.25) is 4.99 Å². The van der Waals surface area contributed by atoms with E-state index >= 15 is 0 Å². The number of fused-ring (bicyclic) bond motifs is 1. The molecule has 0 aliphatic carbocycles. The molecule has 0 spiro atoms. The first kappa shape index (κ1) is 14.4. The van der Waals surface area contributed by atoms with Crippen molar-refractivity contribution in [2.75, 3.05) is 32.1 Å². The molecular weight excluding hydrogens is 284 g/mol. The van der Waals surface area contributed by atoms with Gasteiger partial charge in [0, 0.05) is 36.5 Å². The first-order valence-corrected chi connectivity index (χ1v) is 8.23. The van der Waals surface area contributed by atoms with E-state index in [0.717, 1.165) is 31.2 Å². The third kappa shape index (κ3) is 2.63. The van der Waals surface area contributed by atoms with Crippen LogP contribution in [0, 0.1) is 0 Å². The summed E-state index contributed by atoms with van der Waals surface area (Å²) >= 11 is 0. The van der Waals surface area contributed by atoms with Gasteiger partial charge in [-0.15, -0.1) is 0 Å². The smallest absolute Gasteiger partial charge is 0.129 e. The number of hydrogen-bond acceptors (Lipinski definition) is 4. The van der Waals surface area contributed by atoms with Gasteiger partial charge >= 0.3 is 0 Å². The summed E-state index contributed by atoms with van der Waals surface area (Å²) in [4.78, 5) is 14.0. The zero-order chi connectivity index (χ0) is 15.8. The Labute approximate surface area is 137 Å². The largest absolute Gasteiger partial charge is 0.355 e. The standard InChI is InChI=1S/C19H22N4/c1-22(2)16-8-10-23(13-16)18-11-14(7-9-20-18)19-17-6-4-3-5-15(17)12-21-19/h3-7,9,11,16H,8,10,12-13H2,1-2H3/t16-/m1/s1. The van der Waals surface area contributed by atoms with Crippen LogP contribution in [0.1, 0.15) is 23.1 Å². The Bertz CT molecular complexity index is 751. The van der Waals surface area contributed by atoms with Gasteiger partial charge < -0.3 is 9.80 Å². The SMILES string of the molecule is CN(C)[C@@H]1CCN(c2cc(C3=NCc4ccccc43)ccn2)C1. The van der Waals surface area contributed by atoms with E-state index in [1.807, 2.05) is 6.20 Å². The minimum atomic E-state index is 0.616. The van der Waals surface area contributed by atoms with Gasteiger partial charge in [0.25, 0.3) is 0 Å². The average Bonchev–Trinajstić information content (AvgIpc) is 3.22. The molecule has 0 unspecified atom stereocenters. The third-order valence-electron chi connectivity index (χ3n) is 4.92. The molecule has 1 saturated heterocycles. The normalized spacial score (nSPS) is 20.0. The van der Waals surface area contributed by atoms with Crippen LogP contribution in [0.25, 0.3) is 0 Å². The zero-order valence-corrected chi connectivity index (χ0v) is 13.7. The van der Waals surface area contributed by atoms with Crippen LogP contribution in [0.5, 0.6) is 0 Å². The number of nitrogens with zero attached hydrogens (tertiary/aromatic N) is 4. The number of aliphatic imine (C=N–C) groups is 1. The maximum absolute atomic E-state index is 4.75. The zero-order valence-electron chi connectivity index (χ0n) is 13.7. The monoisotopic (exact) mass is 306 g/mol. The molecule has 2 aliphatic rings. The molecule has 2 aromatic rings. The van der Waals surface area contributed by atoms with Crippen molar-refractivity contribution < 1.29 is 0 Å².